The smallest absolute Gasteiger partial charge is 0.242 e. The molecule has 0 spiro atoms. The Morgan fingerprint density at radius 2 is 1.86 bits per heavy atom. The molecule has 0 aliphatic carbocycles. The van der Waals surface area contributed by atoms with Crippen LogP contribution in [-0.2, 0) is 10.0 Å². The molecular weight excluding hydrogens is 356 g/mol. The SMILES string of the molecule is Nc1ccc(Br)c(S(=O)(=O)N[C@@H](CO)c2ccccc2)c1. The molecule has 0 bridgehead atoms. The minimum atomic E-state index is -3.81. The molecule has 7 heteroatoms. The average Bonchev–Trinajstić information content (AvgIpc) is 2.48. The van der Waals surface area contributed by atoms with E-state index in [9.17, 15) is 13.5 Å². The molecule has 112 valence electrons. The fourth-order valence-electron chi connectivity index (χ4n) is 1.87. The number of nitrogens with one attached hydrogen (secondary N) is 1. The third kappa shape index (κ3) is 3.82. The Bertz CT molecular complexity index is 720. The van der Waals surface area contributed by atoms with Gasteiger partial charge in [-0.05, 0) is 39.7 Å². The lowest BCUT2D eigenvalue weighted by molar-refractivity contribution is 0.259. The molecule has 2 rings (SSSR count). The predicted octanol–water partition coefficient (Wildman–Crippen LogP) is 2.04. The number of rotatable bonds is 5. The summed E-state index contributed by atoms with van der Waals surface area (Å²) in [7, 11) is -3.81. The number of hydrogen-bond donors (Lipinski definition) is 3. The maximum absolute atomic E-state index is 12.4. The van der Waals surface area contributed by atoms with Crippen molar-refractivity contribution in [2.24, 2.45) is 0 Å². The molecule has 0 amide bonds. The highest BCUT2D eigenvalue weighted by Crippen LogP contribution is 2.25. The maximum Gasteiger partial charge on any atom is 0.242 e. The van der Waals surface area contributed by atoms with Crippen molar-refractivity contribution in [3.8, 4) is 0 Å². The van der Waals surface area contributed by atoms with Gasteiger partial charge in [-0.15, -0.1) is 0 Å². The quantitative estimate of drug-likeness (QED) is 0.702. The average molecular weight is 371 g/mol. The zero-order valence-electron chi connectivity index (χ0n) is 11.0. The van der Waals surface area contributed by atoms with Gasteiger partial charge in [0.25, 0.3) is 0 Å². The Labute approximate surface area is 132 Å². The molecule has 0 heterocycles. The van der Waals surface area contributed by atoms with Crippen LogP contribution in [-0.4, -0.2) is 20.1 Å². The number of aliphatic hydroxyl groups is 1. The number of benzene rings is 2. The van der Waals surface area contributed by atoms with E-state index >= 15 is 0 Å². The molecule has 21 heavy (non-hydrogen) atoms. The van der Waals surface area contributed by atoms with Crippen LogP contribution in [0.2, 0.25) is 0 Å². The molecule has 4 N–H and O–H groups in total. The lowest BCUT2D eigenvalue weighted by Gasteiger charge is -2.17. The summed E-state index contributed by atoms with van der Waals surface area (Å²) in [6.45, 7) is -0.344. The van der Waals surface area contributed by atoms with Crippen LogP contribution >= 0.6 is 15.9 Å². The van der Waals surface area contributed by atoms with Gasteiger partial charge < -0.3 is 10.8 Å². The van der Waals surface area contributed by atoms with Gasteiger partial charge in [-0.1, -0.05) is 30.3 Å². The Morgan fingerprint density at radius 3 is 2.48 bits per heavy atom. The van der Waals surface area contributed by atoms with Gasteiger partial charge in [0.1, 0.15) is 0 Å². The van der Waals surface area contributed by atoms with Gasteiger partial charge in [0.15, 0.2) is 0 Å². The molecule has 0 aliphatic heterocycles. The van der Waals surface area contributed by atoms with Gasteiger partial charge in [-0.2, -0.15) is 0 Å². The minimum Gasteiger partial charge on any atom is -0.399 e. The van der Waals surface area contributed by atoms with E-state index in [1.54, 1.807) is 36.4 Å². The normalized spacial score (nSPS) is 13.0. The number of hydrogen-bond acceptors (Lipinski definition) is 4. The number of nitrogen functional groups attached to an aromatic ring is 1. The number of nitrogens with two attached hydrogens (primary N) is 1. The predicted molar refractivity (Wildman–Crippen MR) is 85.1 cm³/mol. The first-order valence-corrected chi connectivity index (χ1v) is 8.45. The molecule has 1 atom stereocenters. The molecule has 0 radical (unpaired) electrons. The van der Waals surface area contributed by atoms with E-state index < -0.39 is 16.1 Å². The van der Waals surface area contributed by atoms with Gasteiger partial charge in [0, 0.05) is 10.2 Å². The summed E-state index contributed by atoms with van der Waals surface area (Å²) < 4.78 is 27.8. The molecule has 0 fully saturated rings. The number of halogens is 1. The standard InChI is InChI=1S/C14H15BrN2O3S/c15-12-7-6-11(16)8-14(12)21(19,20)17-13(9-18)10-4-2-1-3-5-10/h1-8,13,17-18H,9,16H2/t13-/m0/s1. The molecule has 0 aromatic heterocycles. The highest BCUT2D eigenvalue weighted by atomic mass is 79.9. The van der Waals surface area contributed by atoms with Gasteiger partial charge in [0.05, 0.1) is 17.5 Å². The number of sulfonamides is 1. The summed E-state index contributed by atoms with van der Waals surface area (Å²) in [6.07, 6.45) is 0. The zero-order valence-corrected chi connectivity index (χ0v) is 13.4. The largest absolute Gasteiger partial charge is 0.399 e. The lowest BCUT2D eigenvalue weighted by atomic mass is 10.1. The third-order valence-electron chi connectivity index (χ3n) is 2.93. The van der Waals surface area contributed by atoms with Crippen LogP contribution in [0.4, 0.5) is 5.69 Å². The molecule has 0 aliphatic rings. The summed E-state index contributed by atoms with van der Waals surface area (Å²) in [5, 5.41) is 9.45. The Hall–Kier alpha value is -1.41. The first kappa shape index (κ1) is 16.0. The minimum absolute atomic E-state index is 0.0388. The van der Waals surface area contributed by atoms with Crippen LogP contribution in [0.15, 0.2) is 57.9 Å². The second-order valence-electron chi connectivity index (χ2n) is 4.46. The van der Waals surface area contributed by atoms with E-state index in [-0.39, 0.29) is 11.5 Å². The van der Waals surface area contributed by atoms with E-state index in [0.717, 1.165) is 0 Å². The summed E-state index contributed by atoms with van der Waals surface area (Å²) in [6, 6.07) is 12.7. The summed E-state index contributed by atoms with van der Waals surface area (Å²) in [5.74, 6) is 0. The Balaban J connectivity index is 2.34. The number of anilines is 1. The van der Waals surface area contributed by atoms with Gasteiger partial charge >= 0.3 is 0 Å². The van der Waals surface area contributed by atoms with E-state index in [1.165, 1.54) is 6.07 Å². The van der Waals surface area contributed by atoms with Crippen molar-refractivity contribution in [3.05, 3.63) is 58.6 Å². The second-order valence-corrected chi connectivity index (χ2v) is 6.99. The first-order valence-electron chi connectivity index (χ1n) is 6.17. The van der Waals surface area contributed by atoms with Crippen molar-refractivity contribution in [1.29, 1.82) is 0 Å². The molecule has 2 aromatic rings. The maximum atomic E-state index is 12.4. The monoisotopic (exact) mass is 370 g/mol. The van der Waals surface area contributed by atoms with Crippen LogP contribution in [0.1, 0.15) is 11.6 Å². The highest BCUT2D eigenvalue weighted by Gasteiger charge is 2.23. The van der Waals surface area contributed by atoms with Crippen molar-refractivity contribution in [1.82, 2.24) is 4.72 Å². The molecular formula is C14H15BrN2O3S. The third-order valence-corrected chi connectivity index (χ3v) is 5.39. The summed E-state index contributed by atoms with van der Waals surface area (Å²) in [5.41, 5.74) is 6.67. The highest BCUT2D eigenvalue weighted by molar-refractivity contribution is 9.10. The fourth-order valence-corrected chi connectivity index (χ4v) is 4.09. The van der Waals surface area contributed by atoms with Crippen LogP contribution in [0, 0.1) is 0 Å². The first-order chi connectivity index (χ1) is 9.94. The van der Waals surface area contributed by atoms with E-state index in [2.05, 4.69) is 20.7 Å². The van der Waals surface area contributed by atoms with E-state index in [1.807, 2.05) is 6.07 Å². The van der Waals surface area contributed by atoms with Gasteiger partial charge in [0.2, 0.25) is 10.0 Å². The van der Waals surface area contributed by atoms with Crippen LogP contribution < -0.4 is 10.5 Å². The topological polar surface area (TPSA) is 92.4 Å². The Morgan fingerprint density at radius 1 is 1.19 bits per heavy atom. The molecule has 0 saturated carbocycles. The van der Waals surface area contributed by atoms with Gasteiger partial charge in [-0.25, -0.2) is 13.1 Å². The Kier molecular flexibility index (Phi) is 5.00. The van der Waals surface area contributed by atoms with Crippen LogP contribution in [0.3, 0.4) is 0 Å². The van der Waals surface area contributed by atoms with Crippen LogP contribution in [0.5, 0.6) is 0 Å². The second kappa shape index (κ2) is 6.57. The summed E-state index contributed by atoms with van der Waals surface area (Å²) >= 11 is 3.20. The number of aliphatic hydroxyl groups excluding tert-OH is 1. The molecule has 0 saturated heterocycles. The molecule has 2 aromatic carbocycles. The molecule has 5 nitrogen and oxygen atoms in total. The van der Waals surface area contributed by atoms with Crippen molar-refractivity contribution in [2.75, 3.05) is 12.3 Å². The van der Waals surface area contributed by atoms with Crippen molar-refractivity contribution in [3.63, 3.8) is 0 Å². The summed E-state index contributed by atoms with van der Waals surface area (Å²) in [4.78, 5) is 0.0388. The van der Waals surface area contributed by atoms with E-state index in [0.29, 0.717) is 15.7 Å². The van der Waals surface area contributed by atoms with Crippen molar-refractivity contribution >= 4 is 31.6 Å². The molecule has 0 unspecified atom stereocenters. The van der Waals surface area contributed by atoms with Crippen LogP contribution in [0.25, 0.3) is 0 Å². The van der Waals surface area contributed by atoms with Crippen molar-refractivity contribution in [2.45, 2.75) is 10.9 Å². The zero-order chi connectivity index (χ0) is 15.5. The van der Waals surface area contributed by atoms with Crippen molar-refractivity contribution < 1.29 is 13.5 Å². The van der Waals surface area contributed by atoms with Gasteiger partial charge in [-0.3, -0.25) is 0 Å². The van der Waals surface area contributed by atoms with E-state index in [4.69, 9.17) is 5.73 Å². The lowest BCUT2D eigenvalue weighted by Crippen LogP contribution is -2.31. The fraction of sp³-hybridized carbons (Fsp3) is 0.143.